The van der Waals surface area contributed by atoms with E-state index in [4.69, 9.17) is 20.8 Å². The first kappa shape index (κ1) is 34.1. The smallest absolute Gasteiger partial charge is 0.753 e. The van der Waals surface area contributed by atoms with E-state index in [0.717, 1.165) is 49.8 Å². The van der Waals surface area contributed by atoms with E-state index >= 15 is 0 Å². The maximum Gasteiger partial charge on any atom is 2.00 e. The van der Waals surface area contributed by atoms with Gasteiger partial charge in [0, 0.05) is 41.1 Å². The molecular formula is C32H20N8O2RuS2. The number of aromatic nitrogens is 6. The Hall–Kier alpha value is -5.37. The molecule has 0 atom stereocenters. The molecular weight excluding hydrogens is 694 g/mol. The molecule has 0 aliphatic rings. The van der Waals surface area contributed by atoms with Crippen molar-refractivity contribution in [3.8, 4) is 28.2 Å². The van der Waals surface area contributed by atoms with Crippen LogP contribution in [0.15, 0.2) is 110 Å². The van der Waals surface area contributed by atoms with Crippen LogP contribution in [0.25, 0.3) is 61.0 Å². The molecule has 0 aliphatic heterocycles. The van der Waals surface area contributed by atoms with Crippen LogP contribution in [-0.4, -0.2) is 46.1 Å². The van der Waals surface area contributed by atoms with Gasteiger partial charge in [-0.3, -0.25) is 19.9 Å². The number of nitriles is 1. The van der Waals surface area contributed by atoms with Crippen molar-refractivity contribution in [2.45, 2.75) is 0 Å². The van der Waals surface area contributed by atoms with E-state index in [-0.39, 0.29) is 25.0 Å². The summed E-state index contributed by atoms with van der Waals surface area (Å²) in [6, 6.07) is 26.0. The Morgan fingerprint density at radius 1 is 0.778 bits per heavy atom. The number of imidazole rings is 1. The molecule has 0 fully saturated rings. The molecule has 2 aromatic carbocycles. The van der Waals surface area contributed by atoms with Crippen LogP contribution in [0.2, 0.25) is 0 Å². The number of pyridine rings is 4. The largest absolute Gasteiger partial charge is 2.00 e. The molecule has 0 spiro atoms. The first-order valence-electron chi connectivity index (χ1n) is 12.7. The molecule has 7 aromatic rings. The third-order valence-electron chi connectivity index (χ3n) is 6.07. The number of carboxylic acid groups (broad SMARTS) is 1. The molecule has 13 heteroatoms. The van der Waals surface area contributed by atoms with Crippen LogP contribution in [-0.2, 0) is 32.1 Å². The van der Waals surface area contributed by atoms with E-state index in [1.165, 1.54) is 10.6 Å². The Bertz CT molecular complexity index is 1990. The molecule has 0 radical (unpaired) electrons. The molecule has 5 heterocycles. The van der Waals surface area contributed by atoms with Gasteiger partial charge in [-0.2, -0.15) is 5.16 Å². The zero-order valence-corrected chi connectivity index (χ0v) is 26.4. The fourth-order valence-corrected chi connectivity index (χ4v) is 4.28. The number of isothiocyanates is 1. The topological polar surface area (TPSA) is 164 Å². The predicted octanol–water partition coefficient (Wildman–Crippen LogP) is 6.84. The van der Waals surface area contributed by atoms with Crippen molar-refractivity contribution in [2.75, 3.05) is 0 Å². The number of nitrogens with one attached hydrogen (secondary N) is 1. The Labute approximate surface area is 280 Å². The van der Waals surface area contributed by atoms with Gasteiger partial charge in [0.25, 0.3) is 0 Å². The Balaban J connectivity index is 0.000000243. The number of rotatable bonds is 3. The van der Waals surface area contributed by atoms with Crippen molar-refractivity contribution in [1.82, 2.24) is 29.9 Å². The van der Waals surface area contributed by atoms with Gasteiger partial charge in [-0.25, -0.2) is 15.0 Å². The average Bonchev–Trinajstić information content (AvgIpc) is 3.53. The van der Waals surface area contributed by atoms with Crippen molar-refractivity contribution in [3.63, 3.8) is 0 Å². The molecule has 10 nitrogen and oxygen atoms in total. The van der Waals surface area contributed by atoms with E-state index in [1.807, 2.05) is 60.7 Å². The zero-order valence-electron chi connectivity index (χ0n) is 23.0. The SMILES string of the molecule is N#C[S-].O=C(O)c1ccc(-c2nc3c4cccnc4c4ncccc4c3[nH]2)cc1.[N-]=C=S.[Ru+2].c1ccc(-c2ccccn2)nc1. The van der Waals surface area contributed by atoms with Crippen molar-refractivity contribution >= 4 is 68.8 Å². The number of thiocyanates is 1. The summed E-state index contributed by atoms with van der Waals surface area (Å²) in [6.45, 7) is 0. The van der Waals surface area contributed by atoms with Gasteiger partial charge < -0.3 is 28.1 Å². The van der Waals surface area contributed by atoms with Crippen molar-refractivity contribution in [1.29, 1.82) is 5.26 Å². The van der Waals surface area contributed by atoms with Crippen molar-refractivity contribution in [2.24, 2.45) is 0 Å². The van der Waals surface area contributed by atoms with Crippen LogP contribution in [0, 0.1) is 10.7 Å². The minimum Gasteiger partial charge on any atom is -0.753 e. The van der Waals surface area contributed by atoms with Crippen LogP contribution < -0.4 is 0 Å². The Morgan fingerprint density at radius 2 is 1.27 bits per heavy atom. The number of fused-ring (bicyclic) bond motifs is 6. The summed E-state index contributed by atoms with van der Waals surface area (Å²) >= 11 is 7.40. The molecule has 0 aliphatic carbocycles. The number of hydrogen-bond donors (Lipinski definition) is 2. The number of nitrogens with zero attached hydrogens (tertiary/aromatic N) is 7. The third kappa shape index (κ3) is 8.38. The molecule has 45 heavy (non-hydrogen) atoms. The molecule has 0 saturated heterocycles. The molecule has 0 unspecified atom stereocenters. The number of carbonyl (C=O) groups is 1. The fourth-order valence-electron chi connectivity index (χ4n) is 4.28. The van der Waals surface area contributed by atoms with Gasteiger partial charge in [-0.1, -0.05) is 41.9 Å². The van der Waals surface area contributed by atoms with Crippen molar-refractivity contribution < 1.29 is 29.4 Å². The van der Waals surface area contributed by atoms with E-state index in [9.17, 15) is 4.79 Å². The summed E-state index contributed by atoms with van der Waals surface area (Å²) in [7, 11) is 0. The van der Waals surface area contributed by atoms with Gasteiger partial charge in [-0.05, 0) is 60.7 Å². The van der Waals surface area contributed by atoms with Gasteiger partial charge in [0.05, 0.1) is 39.0 Å². The average molecular weight is 714 g/mol. The van der Waals surface area contributed by atoms with Gasteiger partial charge in [0.15, 0.2) is 0 Å². The molecule has 0 amide bonds. The maximum atomic E-state index is 11.0. The molecule has 0 saturated carbocycles. The van der Waals surface area contributed by atoms with Gasteiger partial charge in [0.1, 0.15) is 5.82 Å². The zero-order chi connectivity index (χ0) is 31.3. The molecule has 7 rings (SSSR count). The minimum absolute atomic E-state index is 0. The van der Waals surface area contributed by atoms with Gasteiger partial charge >= 0.3 is 25.4 Å². The number of carboxylic acids is 1. The second kappa shape index (κ2) is 17.1. The van der Waals surface area contributed by atoms with Gasteiger partial charge in [0.2, 0.25) is 0 Å². The quantitative estimate of drug-likeness (QED) is 0.0495. The van der Waals surface area contributed by atoms with Crippen LogP contribution in [0.4, 0.5) is 0 Å². The number of aromatic carboxylic acids is 1. The molecule has 2 N–H and O–H groups in total. The second-order valence-corrected chi connectivity index (χ2v) is 8.97. The van der Waals surface area contributed by atoms with Crippen LogP contribution in [0.5, 0.6) is 0 Å². The van der Waals surface area contributed by atoms with Gasteiger partial charge in [-0.15, -0.1) is 0 Å². The summed E-state index contributed by atoms with van der Waals surface area (Å²) in [6.07, 6.45) is 7.04. The normalized spacial score (nSPS) is 9.49. The Kier molecular flexibility index (Phi) is 12.9. The summed E-state index contributed by atoms with van der Waals surface area (Å²) < 4.78 is 0. The van der Waals surface area contributed by atoms with E-state index in [2.05, 4.69) is 49.8 Å². The summed E-state index contributed by atoms with van der Waals surface area (Å²) in [5.41, 5.74) is 6.25. The third-order valence-corrected chi connectivity index (χ3v) is 6.07. The van der Waals surface area contributed by atoms with Crippen LogP contribution >= 0.6 is 12.2 Å². The second-order valence-electron chi connectivity index (χ2n) is 8.60. The van der Waals surface area contributed by atoms with E-state index in [0.29, 0.717) is 5.82 Å². The summed E-state index contributed by atoms with van der Waals surface area (Å²) in [5, 5.41) is 27.9. The number of aromatic amines is 1. The Morgan fingerprint density at radius 3 is 1.76 bits per heavy atom. The number of thiocarbonyl (C=S) groups is 1. The first-order valence-corrected chi connectivity index (χ1v) is 13.5. The number of hydrogen-bond acceptors (Lipinski definition) is 9. The van der Waals surface area contributed by atoms with Crippen LogP contribution in [0.1, 0.15) is 10.4 Å². The number of H-pyrrole nitrogens is 1. The molecule has 5 aromatic heterocycles. The van der Waals surface area contributed by atoms with Crippen molar-refractivity contribution in [3.05, 3.63) is 121 Å². The monoisotopic (exact) mass is 714 g/mol. The van der Waals surface area contributed by atoms with E-state index < -0.39 is 5.97 Å². The van der Waals surface area contributed by atoms with E-state index in [1.54, 1.807) is 49.1 Å². The van der Waals surface area contributed by atoms with Crippen LogP contribution in [0.3, 0.4) is 0 Å². The minimum atomic E-state index is -0.949. The standard InChI is InChI=1S/C20H12N4O2.C10H8N2.CHNS.CNS.Ru/c25-20(26)12-7-5-11(6-8-12)19-23-17-13-3-1-9-21-15(13)16-14(18(17)24-19)4-2-10-22-16;1-3-7-11-9(5-1)10-6-2-4-8-12-10;2*2-1-3;/h1-10H,(H,23,24)(H,25,26);1-8H;3H;;/q;;;-1;+2/p-1. The number of benzene rings is 2. The maximum absolute atomic E-state index is 11.0. The summed E-state index contributed by atoms with van der Waals surface area (Å²) in [5.74, 6) is -0.270. The first-order chi connectivity index (χ1) is 21.5. The predicted molar refractivity (Wildman–Crippen MR) is 175 cm³/mol. The fraction of sp³-hybridized carbons (Fsp3) is 0. The summed E-state index contributed by atoms with van der Waals surface area (Å²) in [4.78, 5) is 36.5. The molecule has 220 valence electrons. The molecule has 0 bridgehead atoms.